The standard InChI is InChI=1S/C12H9N3OS/c1-16-12-10-11(17-7-15-10)9(6-14-12)8-2-4-13-5-3-8/h2-7H,1H3. The van der Waals surface area contributed by atoms with E-state index in [2.05, 4.69) is 15.0 Å². The summed E-state index contributed by atoms with van der Waals surface area (Å²) >= 11 is 1.59. The summed E-state index contributed by atoms with van der Waals surface area (Å²) in [5.74, 6) is 0.569. The molecule has 0 aliphatic rings. The number of rotatable bonds is 2. The third-order valence-electron chi connectivity index (χ3n) is 2.51. The number of methoxy groups -OCH3 is 1. The Balaban J connectivity index is 2.29. The predicted octanol–water partition coefficient (Wildman–Crippen LogP) is 2.76. The Morgan fingerprint density at radius 2 is 2.00 bits per heavy atom. The Hall–Kier alpha value is -2.01. The molecule has 0 spiro atoms. The minimum Gasteiger partial charge on any atom is -0.479 e. The maximum atomic E-state index is 5.20. The molecule has 3 aromatic heterocycles. The van der Waals surface area contributed by atoms with Crippen molar-refractivity contribution in [3.8, 4) is 17.0 Å². The quantitative estimate of drug-likeness (QED) is 0.694. The summed E-state index contributed by atoms with van der Waals surface area (Å²) < 4.78 is 6.28. The molecule has 0 aliphatic heterocycles. The van der Waals surface area contributed by atoms with E-state index < -0.39 is 0 Å². The fraction of sp³-hybridized carbons (Fsp3) is 0.0833. The van der Waals surface area contributed by atoms with Gasteiger partial charge in [0.05, 0.1) is 17.3 Å². The third-order valence-corrected chi connectivity index (χ3v) is 3.37. The number of fused-ring (bicyclic) bond motifs is 1. The minimum atomic E-state index is 0.569. The molecule has 0 bridgehead atoms. The van der Waals surface area contributed by atoms with E-state index in [4.69, 9.17) is 4.74 Å². The summed E-state index contributed by atoms with van der Waals surface area (Å²) in [6.07, 6.45) is 5.35. The van der Waals surface area contributed by atoms with Crippen molar-refractivity contribution >= 4 is 21.6 Å². The van der Waals surface area contributed by atoms with Crippen molar-refractivity contribution in [2.75, 3.05) is 7.11 Å². The van der Waals surface area contributed by atoms with Gasteiger partial charge in [0.15, 0.2) is 0 Å². The van der Waals surface area contributed by atoms with E-state index in [1.54, 1.807) is 36.4 Å². The van der Waals surface area contributed by atoms with Crippen molar-refractivity contribution in [2.45, 2.75) is 0 Å². The first kappa shape index (κ1) is 10.2. The summed E-state index contributed by atoms with van der Waals surface area (Å²) in [6.45, 7) is 0. The number of pyridine rings is 2. The lowest BCUT2D eigenvalue weighted by Gasteiger charge is -2.04. The van der Waals surface area contributed by atoms with Crippen LogP contribution in [0.5, 0.6) is 5.88 Å². The van der Waals surface area contributed by atoms with Crippen LogP contribution in [0.15, 0.2) is 36.2 Å². The average Bonchev–Trinajstić information content (AvgIpc) is 2.88. The molecule has 0 saturated heterocycles. The molecular formula is C12H9N3OS. The second-order valence-corrected chi connectivity index (χ2v) is 4.30. The highest BCUT2D eigenvalue weighted by Gasteiger charge is 2.11. The van der Waals surface area contributed by atoms with E-state index in [-0.39, 0.29) is 0 Å². The van der Waals surface area contributed by atoms with Gasteiger partial charge in [0.2, 0.25) is 5.88 Å². The van der Waals surface area contributed by atoms with Crippen molar-refractivity contribution in [3.63, 3.8) is 0 Å². The second kappa shape index (κ2) is 4.10. The molecule has 17 heavy (non-hydrogen) atoms. The number of hydrogen-bond acceptors (Lipinski definition) is 5. The molecule has 3 aromatic rings. The minimum absolute atomic E-state index is 0.569. The molecule has 3 heterocycles. The fourth-order valence-electron chi connectivity index (χ4n) is 1.72. The zero-order valence-electron chi connectivity index (χ0n) is 9.12. The topological polar surface area (TPSA) is 47.9 Å². The van der Waals surface area contributed by atoms with E-state index in [9.17, 15) is 0 Å². The van der Waals surface area contributed by atoms with Gasteiger partial charge in [0, 0.05) is 24.2 Å². The highest BCUT2D eigenvalue weighted by Crippen LogP contribution is 2.34. The molecule has 3 rings (SSSR count). The van der Waals surface area contributed by atoms with Gasteiger partial charge in [0.1, 0.15) is 5.52 Å². The van der Waals surface area contributed by atoms with Crippen LogP contribution in [0.1, 0.15) is 0 Å². The van der Waals surface area contributed by atoms with Gasteiger partial charge in [0.25, 0.3) is 0 Å². The normalized spacial score (nSPS) is 10.6. The molecule has 0 amide bonds. The van der Waals surface area contributed by atoms with Crippen LogP contribution in [0, 0.1) is 0 Å². The molecular weight excluding hydrogens is 234 g/mol. The number of nitrogens with zero attached hydrogens (tertiary/aromatic N) is 3. The highest BCUT2D eigenvalue weighted by molar-refractivity contribution is 7.17. The first-order chi connectivity index (χ1) is 8.40. The van der Waals surface area contributed by atoms with Gasteiger partial charge in [-0.05, 0) is 17.7 Å². The van der Waals surface area contributed by atoms with E-state index in [0.29, 0.717) is 5.88 Å². The van der Waals surface area contributed by atoms with Crippen LogP contribution in [0.3, 0.4) is 0 Å². The fourth-order valence-corrected chi connectivity index (χ4v) is 2.53. The van der Waals surface area contributed by atoms with Crippen molar-refractivity contribution < 1.29 is 4.74 Å². The summed E-state index contributed by atoms with van der Waals surface area (Å²) in [7, 11) is 1.60. The smallest absolute Gasteiger partial charge is 0.241 e. The predicted molar refractivity (Wildman–Crippen MR) is 67.2 cm³/mol. The zero-order valence-corrected chi connectivity index (χ0v) is 9.94. The van der Waals surface area contributed by atoms with Crippen LogP contribution >= 0.6 is 11.3 Å². The Labute approximate surface area is 102 Å². The Morgan fingerprint density at radius 1 is 1.18 bits per heavy atom. The summed E-state index contributed by atoms with van der Waals surface area (Å²) in [5.41, 5.74) is 4.77. The van der Waals surface area contributed by atoms with Crippen molar-refractivity contribution in [1.82, 2.24) is 15.0 Å². The van der Waals surface area contributed by atoms with Crippen LogP contribution in [-0.4, -0.2) is 22.1 Å². The monoisotopic (exact) mass is 243 g/mol. The number of aromatic nitrogens is 3. The van der Waals surface area contributed by atoms with E-state index in [1.165, 1.54) is 0 Å². The van der Waals surface area contributed by atoms with Crippen molar-refractivity contribution in [1.29, 1.82) is 0 Å². The molecule has 0 N–H and O–H groups in total. The second-order valence-electron chi connectivity index (χ2n) is 3.45. The summed E-state index contributed by atoms with van der Waals surface area (Å²) in [5, 5.41) is 0. The Kier molecular flexibility index (Phi) is 2.45. The molecule has 5 heteroatoms. The van der Waals surface area contributed by atoms with Crippen molar-refractivity contribution in [3.05, 3.63) is 36.2 Å². The lowest BCUT2D eigenvalue weighted by atomic mass is 10.1. The molecule has 0 aromatic carbocycles. The molecule has 0 saturated carbocycles. The SMILES string of the molecule is COc1ncc(-c2ccncc2)c2scnc12. The number of hydrogen-bond donors (Lipinski definition) is 0. The molecule has 0 unspecified atom stereocenters. The van der Waals surface area contributed by atoms with Crippen LogP contribution in [-0.2, 0) is 0 Å². The van der Waals surface area contributed by atoms with Gasteiger partial charge < -0.3 is 4.74 Å². The number of ether oxygens (including phenoxy) is 1. The van der Waals surface area contributed by atoms with E-state index in [0.717, 1.165) is 21.3 Å². The van der Waals surface area contributed by atoms with Gasteiger partial charge >= 0.3 is 0 Å². The van der Waals surface area contributed by atoms with Gasteiger partial charge in [-0.1, -0.05) is 0 Å². The van der Waals surface area contributed by atoms with Crippen LogP contribution in [0.4, 0.5) is 0 Å². The summed E-state index contributed by atoms with van der Waals surface area (Å²) in [4.78, 5) is 12.6. The molecule has 0 aliphatic carbocycles. The molecule has 0 fully saturated rings. The van der Waals surface area contributed by atoms with Crippen LogP contribution < -0.4 is 4.74 Å². The molecule has 4 nitrogen and oxygen atoms in total. The zero-order chi connectivity index (χ0) is 11.7. The van der Waals surface area contributed by atoms with E-state index in [1.807, 2.05) is 18.3 Å². The third kappa shape index (κ3) is 1.64. The lowest BCUT2D eigenvalue weighted by molar-refractivity contribution is 0.402. The highest BCUT2D eigenvalue weighted by atomic mass is 32.1. The van der Waals surface area contributed by atoms with E-state index >= 15 is 0 Å². The molecule has 0 radical (unpaired) electrons. The van der Waals surface area contributed by atoms with Crippen LogP contribution in [0.2, 0.25) is 0 Å². The maximum absolute atomic E-state index is 5.20. The first-order valence-electron chi connectivity index (χ1n) is 5.06. The Morgan fingerprint density at radius 3 is 2.76 bits per heavy atom. The van der Waals surface area contributed by atoms with Gasteiger partial charge in [-0.25, -0.2) is 9.97 Å². The maximum Gasteiger partial charge on any atom is 0.241 e. The summed E-state index contributed by atoms with van der Waals surface area (Å²) in [6, 6.07) is 3.92. The van der Waals surface area contributed by atoms with Crippen molar-refractivity contribution in [2.24, 2.45) is 0 Å². The van der Waals surface area contributed by atoms with Gasteiger partial charge in [-0.3, -0.25) is 4.98 Å². The lowest BCUT2D eigenvalue weighted by Crippen LogP contribution is -1.90. The Bertz CT molecular complexity index is 651. The number of thiazole rings is 1. The van der Waals surface area contributed by atoms with Crippen LogP contribution in [0.25, 0.3) is 21.3 Å². The first-order valence-corrected chi connectivity index (χ1v) is 5.94. The van der Waals surface area contributed by atoms with Gasteiger partial charge in [-0.15, -0.1) is 11.3 Å². The van der Waals surface area contributed by atoms with Gasteiger partial charge in [-0.2, -0.15) is 0 Å². The molecule has 0 atom stereocenters. The molecule has 84 valence electrons. The average molecular weight is 243 g/mol. The largest absolute Gasteiger partial charge is 0.479 e.